The highest BCUT2D eigenvalue weighted by molar-refractivity contribution is 7.89. The molecule has 188 valence electrons. The maximum Gasteiger partial charge on any atom is 0.243 e. The molecule has 0 saturated carbocycles. The molecule has 2 aliphatic heterocycles. The number of hydrogen-bond acceptors (Lipinski definition) is 6. The van der Waals surface area contributed by atoms with Crippen LogP contribution in [0.3, 0.4) is 0 Å². The third-order valence-electron chi connectivity index (χ3n) is 6.69. The maximum atomic E-state index is 13.3. The molecule has 10 heteroatoms. The molecule has 1 fully saturated rings. The van der Waals surface area contributed by atoms with E-state index in [2.05, 4.69) is 5.32 Å². The summed E-state index contributed by atoms with van der Waals surface area (Å²) in [4.78, 5) is 26.7. The van der Waals surface area contributed by atoms with Crippen molar-refractivity contribution < 1.29 is 27.5 Å². The topological polar surface area (TPSA) is 105 Å². The molecule has 35 heavy (non-hydrogen) atoms. The van der Waals surface area contributed by atoms with Gasteiger partial charge < -0.3 is 19.7 Å². The van der Waals surface area contributed by atoms with Gasteiger partial charge in [-0.1, -0.05) is 0 Å². The SMILES string of the molecule is COc1cc(NC(=O)C2CCN(S(=O)(=O)c3ccc4c(c3)C[C@H](C)N4C(C)=O)CC2)cc(OC)c1. The third-order valence-corrected chi connectivity index (χ3v) is 8.58. The standard InChI is InChI=1S/C25H31N3O6S/c1-16-11-19-12-23(5-6-24(19)28(16)17(2)29)35(31,32)27-9-7-18(8-10-27)25(30)26-20-13-21(33-3)15-22(14-20)34-4/h5-6,12-16,18H,7-11H2,1-4H3,(H,26,30)/t16-/m0/s1. The van der Waals surface area contributed by atoms with Gasteiger partial charge in [-0.15, -0.1) is 0 Å². The highest BCUT2D eigenvalue weighted by Crippen LogP contribution is 2.35. The summed E-state index contributed by atoms with van der Waals surface area (Å²) in [6.45, 7) is 3.98. The summed E-state index contributed by atoms with van der Waals surface area (Å²) in [5.41, 5.74) is 2.19. The van der Waals surface area contributed by atoms with Gasteiger partial charge in [0.2, 0.25) is 21.8 Å². The fourth-order valence-corrected chi connectivity index (χ4v) is 6.40. The Morgan fingerprint density at radius 1 is 1.00 bits per heavy atom. The van der Waals surface area contributed by atoms with Crippen molar-refractivity contribution in [3.63, 3.8) is 0 Å². The largest absolute Gasteiger partial charge is 0.497 e. The number of sulfonamides is 1. The molecule has 0 bridgehead atoms. The molecule has 2 aromatic carbocycles. The Balaban J connectivity index is 1.42. The second-order valence-corrected chi connectivity index (χ2v) is 10.9. The minimum Gasteiger partial charge on any atom is -0.497 e. The summed E-state index contributed by atoms with van der Waals surface area (Å²) in [5, 5.41) is 2.89. The molecule has 0 spiro atoms. The van der Waals surface area contributed by atoms with Crippen LogP contribution in [0.2, 0.25) is 0 Å². The maximum absolute atomic E-state index is 13.3. The first-order valence-electron chi connectivity index (χ1n) is 11.6. The lowest BCUT2D eigenvalue weighted by molar-refractivity contribution is -0.121. The minimum atomic E-state index is -3.70. The number of benzene rings is 2. The molecular formula is C25H31N3O6S. The Morgan fingerprint density at radius 2 is 1.63 bits per heavy atom. The highest BCUT2D eigenvalue weighted by Gasteiger charge is 2.34. The van der Waals surface area contributed by atoms with Crippen molar-refractivity contribution in [2.45, 2.75) is 44.0 Å². The van der Waals surface area contributed by atoms with Gasteiger partial charge in [-0.2, -0.15) is 4.31 Å². The number of methoxy groups -OCH3 is 2. The quantitative estimate of drug-likeness (QED) is 0.652. The first-order chi connectivity index (χ1) is 16.6. The minimum absolute atomic E-state index is 0.000683. The lowest BCUT2D eigenvalue weighted by atomic mass is 9.97. The van der Waals surface area contributed by atoms with Gasteiger partial charge in [0.15, 0.2) is 0 Å². The van der Waals surface area contributed by atoms with Crippen LogP contribution < -0.4 is 19.7 Å². The first-order valence-corrected chi connectivity index (χ1v) is 13.0. The van der Waals surface area contributed by atoms with E-state index in [1.54, 1.807) is 41.3 Å². The molecular weight excluding hydrogens is 470 g/mol. The number of hydrogen-bond donors (Lipinski definition) is 1. The molecule has 0 radical (unpaired) electrons. The van der Waals surface area contributed by atoms with E-state index in [0.717, 1.165) is 11.3 Å². The number of carbonyl (C=O) groups excluding carboxylic acids is 2. The van der Waals surface area contributed by atoms with Gasteiger partial charge in [0.25, 0.3) is 0 Å². The van der Waals surface area contributed by atoms with E-state index in [0.29, 0.717) is 36.4 Å². The zero-order valence-electron chi connectivity index (χ0n) is 20.4. The van der Waals surface area contributed by atoms with Crippen LogP contribution in [0.25, 0.3) is 0 Å². The van der Waals surface area contributed by atoms with E-state index in [4.69, 9.17) is 9.47 Å². The number of fused-ring (bicyclic) bond motifs is 1. The summed E-state index contributed by atoms with van der Waals surface area (Å²) in [5.74, 6) is 0.614. The highest BCUT2D eigenvalue weighted by atomic mass is 32.2. The molecule has 2 aliphatic rings. The number of anilines is 2. The van der Waals surface area contributed by atoms with Crippen LogP contribution in [-0.4, -0.2) is 57.9 Å². The van der Waals surface area contributed by atoms with Crippen molar-refractivity contribution >= 4 is 33.2 Å². The number of carbonyl (C=O) groups is 2. The first kappa shape index (κ1) is 25.0. The molecule has 0 aromatic heterocycles. The molecule has 0 aliphatic carbocycles. The lowest BCUT2D eigenvalue weighted by Crippen LogP contribution is -2.41. The Kier molecular flexibility index (Phi) is 7.05. The van der Waals surface area contributed by atoms with E-state index < -0.39 is 10.0 Å². The van der Waals surface area contributed by atoms with Crippen molar-refractivity contribution in [1.29, 1.82) is 0 Å². The van der Waals surface area contributed by atoms with Crippen LogP contribution in [0.5, 0.6) is 11.5 Å². The third kappa shape index (κ3) is 4.99. The smallest absolute Gasteiger partial charge is 0.243 e. The van der Waals surface area contributed by atoms with E-state index >= 15 is 0 Å². The van der Waals surface area contributed by atoms with Crippen LogP contribution in [0.1, 0.15) is 32.3 Å². The van der Waals surface area contributed by atoms with Crippen molar-refractivity contribution in [3.8, 4) is 11.5 Å². The predicted octanol–water partition coefficient (Wildman–Crippen LogP) is 3.04. The fourth-order valence-electron chi connectivity index (χ4n) is 4.88. The Bertz CT molecular complexity index is 1220. The molecule has 2 aromatic rings. The fraction of sp³-hybridized carbons (Fsp3) is 0.440. The van der Waals surface area contributed by atoms with E-state index in [9.17, 15) is 18.0 Å². The summed E-state index contributed by atoms with van der Waals surface area (Å²) < 4.78 is 38.5. The Morgan fingerprint density at radius 3 is 2.20 bits per heavy atom. The molecule has 1 N–H and O–H groups in total. The van der Waals surface area contributed by atoms with Crippen molar-refractivity contribution in [2.24, 2.45) is 5.92 Å². The van der Waals surface area contributed by atoms with Gasteiger partial charge in [-0.3, -0.25) is 9.59 Å². The molecule has 2 amide bonds. The van der Waals surface area contributed by atoms with Gasteiger partial charge >= 0.3 is 0 Å². The molecule has 9 nitrogen and oxygen atoms in total. The van der Waals surface area contributed by atoms with Crippen molar-refractivity contribution in [1.82, 2.24) is 4.31 Å². The van der Waals surface area contributed by atoms with Crippen LogP contribution in [0.4, 0.5) is 11.4 Å². The number of nitrogens with zero attached hydrogens (tertiary/aromatic N) is 2. The van der Waals surface area contributed by atoms with E-state index in [1.807, 2.05) is 6.92 Å². The van der Waals surface area contributed by atoms with Crippen LogP contribution in [0.15, 0.2) is 41.3 Å². The number of nitrogens with one attached hydrogen (secondary N) is 1. The van der Waals surface area contributed by atoms with Crippen LogP contribution >= 0.6 is 0 Å². The van der Waals surface area contributed by atoms with E-state index in [1.165, 1.54) is 25.4 Å². The second-order valence-electron chi connectivity index (χ2n) is 9.00. The molecule has 1 saturated heterocycles. The van der Waals surface area contributed by atoms with Crippen LogP contribution in [-0.2, 0) is 26.0 Å². The van der Waals surface area contributed by atoms with Crippen LogP contribution in [0, 0.1) is 5.92 Å². The predicted molar refractivity (Wildman–Crippen MR) is 132 cm³/mol. The zero-order chi connectivity index (χ0) is 25.3. The molecule has 0 unspecified atom stereocenters. The lowest BCUT2D eigenvalue weighted by Gasteiger charge is -2.30. The van der Waals surface area contributed by atoms with Gasteiger partial charge in [0.05, 0.1) is 19.1 Å². The Hall–Kier alpha value is -3.11. The van der Waals surface area contributed by atoms with Crippen molar-refractivity contribution in [2.75, 3.05) is 37.5 Å². The zero-order valence-corrected chi connectivity index (χ0v) is 21.2. The number of amides is 2. The summed E-state index contributed by atoms with van der Waals surface area (Å²) >= 11 is 0. The second kappa shape index (κ2) is 9.87. The van der Waals surface area contributed by atoms with Gasteiger partial charge in [0.1, 0.15) is 11.5 Å². The Labute approximate surface area is 206 Å². The average molecular weight is 502 g/mol. The molecule has 4 rings (SSSR count). The summed E-state index contributed by atoms with van der Waals surface area (Å²) in [6, 6.07) is 10.1. The average Bonchev–Trinajstić information content (AvgIpc) is 3.18. The summed E-state index contributed by atoms with van der Waals surface area (Å²) in [6.07, 6.45) is 1.47. The van der Waals surface area contributed by atoms with Gasteiger partial charge in [0, 0.05) is 61.5 Å². The van der Waals surface area contributed by atoms with Crippen molar-refractivity contribution in [3.05, 3.63) is 42.0 Å². The van der Waals surface area contributed by atoms with E-state index in [-0.39, 0.29) is 41.8 Å². The molecule has 1 atom stereocenters. The summed E-state index contributed by atoms with van der Waals surface area (Å²) in [7, 11) is -0.621. The normalized spacial score (nSPS) is 18.7. The number of rotatable bonds is 6. The van der Waals surface area contributed by atoms with Gasteiger partial charge in [-0.05, 0) is 49.9 Å². The number of piperidine rings is 1. The number of ether oxygens (including phenoxy) is 2. The monoisotopic (exact) mass is 501 g/mol. The molecule has 2 heterocycles. The van der Waals surface area contributed by atoms with Gasteiger partial charge in [-0.25, -0.2) is 8.42 Å².